The Balaban J connectivity index is 1.27. The van der Waals surface area contributed by atoms with Gasteiger partial charge < -0.3 is 4.74 Å². The summed E-state index contributed by atoms with van der Waals surface area (Å²) in [5.41, 5.74) is 2.23. The maximum atomic E-state index is 12.6. The van der Waals surface area contributed by atoms with Gasteiger partial charge in [0.2, 0.25) is 0 Å². The van der Waals surface area contributed by atoms with Crippen molar-refractivity contribution in [2.45, 2.75) is 103 Å². The van der Waals surface area contributed by atoms with Crippen molar-refractivity contribution in [1.29, 1.82) is 0 Å². The van der Waals surface area contributed by atoms with Gasteiger partial charge in [-0.15, -0.1) is 0 Å². The molecule has 2 aromatic rings. The van der Waals surface area contributed by atoms with Crippen LogP contribution < -0.4 is 4.74 Å². The second-order valence-electron chi connectivity index (χ2n) is 10.7. The molecule has 4 nitrogen and oxygen atoms in total. The Morgan fingerprint density at radius 2 is 1.44 bits per heavy atom. The monoisotopic (exact) mass is 462 g/mol. The molecule has 0 N–H and O–H groups in total. The smallest absolute Gasteiger partial charge is 0.314 e. The largest absolute Gasteiger partial charge is 0.426 e. The normalized spacial score (nSPS) is 25.1. The molecular formula is C30H42N2O2. The zero-order chi connectivity index (χ0) is 23.8. The van der Waals surface area contributed by atoms with E-state index in [0.29, 0.717) is 11.7 Å². The summed E-state index contributed by atoms with van der Waals surface area (Å²) in [6.45, 7) is 4.53. The van der Waals surface area contributed by atoms with Crippen molar-refractivity contribution in [3.05, 3.63) is 42.2 Å². The van der Waals surface area contributed by atoms with Gasteiger partial charge >= 0.3 is 5.97 Å². The summed E-state index contributed by atoms with van der Waals surface area (Å²) in [7, 11) is 0. The standard InChI is InChI=1S/C30H42N2O2/c1-3-5-7-23-10-14-26(15-11-23)30(33)34-28-18-16-25(17-19-28)29-31-20-27(21-32-29)24-12-8-22(6-4-2)9-13-24/h16-24,26H,3-15H2,1-2H3. The molecule has 184 valence electrons. The molecule has 4 rings (SSSR count). The minimum absolute atomic E-state index is 0.0467. The van der Waals surface area contributed by atoms with Gasteiger partial charge in [-0.3, -0.25) is 4.79 Å². The predicted molar refractivity (Wildman–Crippen MR) is 138 cm³/mol. The zero-order valence-corrected chi connectivity index (χ0v) is 21.2. The molecule has 2 saturated carbocycles. The first kappa shape index (κ1) is 24.9. The van der Waals surface area contributed by atoms with Gasteiger partial charge in [-0.25, -0.2) is 9.97 Å². The molecule has 0 unspecified atom stereocenters. The predicted octanol–water partition coefficient (Wildman–Crippen LogP) is 8.12. The summed E-state index contributed by atoms with van der Waals surface area (Å²) in [6.07, 6.45) is 20.0. The van der Waals surface area contributed by atoms with E-state index in [1.165, 1.54) is 63.4 Å². The SMILES string of the molecule is CCCCC1CCC(C(=O)Oc2ccc(-c3ncc(C4CCC(CCC)CC4)cn3)cc2)CC1. The van der Waals surface area contributed by atoms with Crippen LogP contribution in [0.1, 0.15) is 109 Å². The first-order chi connectivity index (χ1) is 16.7. The first-order valence-electron chi connectivity index (χ1n) is 13.8. The van der Waals surface area contributed by atoms with Gasteiger partial charge in [0.25, 0.3) is 0 Å². The molecule has 1 aromatic heterocycles. The van der Waals surface area contributed by atoms with Gasteiger partial charge in [0.1, 0.15) is 5.75 Å². The number of nitrogens with zero attached hydrogens (tertiary/aromatic N) is 2. The molecular weight excluding hydrogens is 420 g/mol. The lowest BCUT2D eigenvalue weighted by molar-refractivity contribution is -0.140. The van der Waals surface area contributed by atoms with E-state index in [0.717, 1.165) is 48.9 Å². The summed E-state index contributed by atoms with van der Waals surface area (Å²) >= 11 is 0. The number of aromatic nitrogens is 2. The maximum absolute atomic E-state index is 12.6. The number of esters is 1. The Labute approximate surface area is 205 Å². The van der Waals surface area contributed by atoms with E-state index in [2.05, 4.69) is 23.8 Å². The van der Waals surface area contributed by atoms with Crippen molar-refractivity contribution in [2.24, 2.45) is 17.8 Å². The number of hydrogen-bond donors (Lipinski definition) is 0. The minimum atomic E-state index is -0.0732. The number of unbranched alkanes of at least 4 members (excludes halogenated alkanes) is 1. The van der Waals surface area contributed by atoms with E-state index in [9.17, 15) is 4.79 Å². The molecule has 0 atom stereocenters. The van der Waals surface area contributed by atoms with Gasteiger partial charge in [-0.1, -0.05) is 46.0 Å². The highest BCUT2D eigenvalue weighted by Gasteiger charge is 2.27. The molecule has 0 aliphatic heterocycles. The Morgan fingerprint density at radius 1 is 0.824 bits per heavy atom. The molecule has 0 saturated heterocycles. The Bertz CT molecular complexity index is 877. The van der Waals surface area contributed by atoms with Crippen LogP contribution in [0.4, 0.5) is 0 Å². The van der Waals surface area contributed by atoms with Crippen LogP contribution in [0.15, 0.2) is 36.7 Å². The van der Waals surface area contributed by atoms with Gasteiger partial charge in [0, 0.05) is 18.0 Å². The lowest BCUT2D eigenvalue weighted by atomic mass is 9.78. The highest BCUT2D eigenvalue weighted by Crippen LogP contribution is 2.37. The number of ether oxygens (including phenoxy) is 1. The highest BCUT2D eigenvalue weighted by molar-refractivity contribution is 5.75. The van der Waals surface area contributed by atoms with Gasteiger partial charge in [-0.05, 0) is 98.9 Å². The molecule has 4 heteroatoms. The van der Waals surface area contributed by atoms with Crippen LogP contribution in [0.25, 0.3) is 11.4 Å². The van der Waals surface area contributed by atoms with Crippen LogP contribution in [0.2, 0.25) is 0 Å². The molecule has 1 heterocycles. The van der Waals surface area contributed by atoms with E-state index in [1.807, 2.05) is 36.7 Å². The summed E-state index contributed by atoms with van der Waals surface area (Å²) in [4.78, 5) is 21.9. The maximum Gasteiger partial charge on any atom is 0.314 e. The van der Waals surface area contributed by atoms with E-state index < -0.39 is 0 Å². The zero-order valence-electron chi connectivity index (χ0n) is 21.2. The van der Waals surface area contributed by atoms with Crippen LogP contribution in [0.5, 0.6) is 5.75 Å². The molecule has 2 aliphatic rings. The third kappa shape index (κ3) is 6.67. The number of hydrogen-bond acceptors (Lipinski definition) is 4. The lowest BCUT2D eigenvalue weighted by Gasteiger charge is -2.28. The van der Waals surface area contributed by atoms with Crippen LogP contribution in [0.3, 0.4) is 0 Å². The van der Waals surface area contributed by atoms with Crippen LogP contribution >= 0.6 is 0 Å². The lowest BCUT2D eigenvalue weighted by Crippen LogP contribution is -2.25. The fourth-order valence-corrected chi connectivity index (χ4v) is 5.94. The molecule has 0 spiro atoms. The van der Waals surface area contributed by atoms with Crippen molar-refractivity contribution in [1.82, 2.24) is 9.97 Å². The van der Waals surface area contributed by atoms with Crippen molar-refractivity contribution in [2.75, 3.05) is 0 Å². The van der Waals surface area contributed by atoms with Crippen molar-refractivity contribution < 1.29 is 9.53 Å². The van der Waals surface area contributed by atoms with Crippen LogP contribution in [-0.4, -0.2) is 15.9 Å². The fourth-order valence-electron chi connectivity index (χ4n) is 5.94. The molecule has 2 fully saturated rings. The number of benzene rings is 1. The van der Waals surface area contributed by atoms with E-state index in [4.69, 9.17) is 4.74 Å². The van der Waals surface area contributed by atoms with E-state index in [1.54, 1.807) is 0 Å². The fraction of sp³-hybridized carbons (Fsp3) is 0.633. The first-order valence-corrected chi connectivity index (χ1v) is 13.8. The van der Waals surface area contributed by atoms with Crippen molar-refractivity contribution in [3.8, 4) is 17.1 Å². The molecule has 1 aromatic carbocycles. The molecule has 34 heavy (non-hydrogen) atoms. The summed E-state index contributed by atoms with van der Waals surface area (Å²) in [5.74, 6) is 3.63. The average Bonchev–Trinajstić information content (AvgIpc) is 2.89. The average molecular weight is 463 g/mol. The Hall–Kier alpha value is -2.23. The second kappa shape index (κ2) is 12.5. The topological polar surface area (TPSA) is 52.1 Å². The quantitative estimate of drug-likeness (QED) is 0.279. The molecule has 0 amide bonds. The molecule has 0 radical (unpaired) electrons. The summed E-state index contributed by atoms with van der Waals surface area (Å²) in [6, 6.07) is 7.64. The minimum Gasteiger partial charge on any atom is -0.426 e. The number of rotatable bonds is 9. The van der Waals surface area contributed by atoms with Gasteiger partial charge in [0.05, 0.1) is 5.92 Å². The van der Waals surface area contributed by atoms with Crippen LogP contribution in [0, 0.1) is 17.8 Å². The van der Waals surface area contributed by atoms with Crippen molar-refractivity contribution in [3.63, 3.8) is 0 Å². The highest BCUT2D eigenvalue weighted by atomic mass is 16.5. The van der Waals surface area contributed by atoms with Gasteiger partial charge in [-0.2, -0.15) is 0 Å². The van der Waals surface area contributed by atoms with Crippen LogP contribution in [-0.2, 0) is 4.79 Å². The number of carbonyl (C=O) groups is 1. The second-order valence-corrected chi connectivity index (χ2v) is 10.7. The molecule has 0 bridgehead atoms. The molecule has 2 aliphatic carbocycles. The third-order valence-corrected chi connectivity index (χ3v) is 8.16. The Morgan fingerprint density at radius 3 is 2.06 bits per heavy atom. The van der Waals surface area contributed by atoms with E-state index >= 15 is 0 Å². The number of carbonyl (C=O) groups excluding carboxylic acids is 1. The Kier molecular flexibility index (Phi) is 9.12. The van der Waals surface area contributed by atoms with Gasteiger partial charge in [0.15, 0.2) is 5.82 Å². The van der Waals surface area contributed by atoms with E-state index in [-0.39, 0.29) is 11.9 Å². The van der Waals surface area contributed by atoms with Crippen molar-refractivity contribution >= 4 is 5.97 Å². The summed E-state index contributed by atoms with van der Waals surface area (Å²) in [5, 5.41) is 0. The third-order valence-electron chi connectivity index (χ3n) is 8.16. The summed E-state index contributed by atoms with van der Waals surface area (Å²) < 4.78 is 5.71.